The fraction of sp³-hybridized carbons (Fsp3) is 0.500. The largest absolute Gasteiger partial charge is 0.289 e. The third-order valence-electron chi connectivity index (χ3n) is 8.26. The number of nitrogens with one attached hydrogen (secondary N) is 2. The van der Waals surface area contributed by atoms with E-state index >= 15 is 0 Å². The van der Waals surface area contributed by atoms with Crippen LogP contribution in [-0.2, 0) is 20.0 Å². The number of ketones is 2. The van der Waals surface area contributed by atoms with Gasteiger partial charge < -0.3 is 0 Å². The summed E-state index contributed by atoms with van der Waals surface area (Å²) in [5, 5.41) is 0. The molecular formula is C28H34N2O6S2. The van der Waals surface area contributed by atoms with Gasteiger partial charge in [-0.05, 0) is 99.6 Å². The van der Waals surface area contributed by atoms with Crippen LogP contribution in [0.25, 0.3) is 0 Å². The van der Waals surface area contributed by atoms with Gasteiger partial charge in [-0.2, -0.15) is 0 Å². The van der Waals surface area contributed by atoms with E-state index in [0.717, 1.165) is 51.4 Å². The summed E-state index contributed by atoms with van der Waals surface area (Å²) in [4.78, 5) is 26.5. The number of hydrogen-bond acceptors (Lipinski definition) is 6. The molecule has 0 aliphatic heterocycles. The monoisotopic (exact) mass is 558 g/mol. The van der Waals surface area contributed by atoms with Crippen LogP contribution in [0.5, 0.6) is 0 Å². The molecule has 8 nitrogen and oxygen atoms in total. The number of carbonyl (C=O) groups is 2. The molecule has 2 aromatic rings. The van der Waals surface area contributed by atoms with Gasteiger partial charge in [-0.3, -0.25) is 9.59 Å². The van der Waals surface area contributed by atoms with Crippen molar-refractivity contribution in [2.45, 2.75) is 87.1 Å². The predicted octanol–water partition coefficient (Wildman–Crippen LogP) is 4.18. The molecule has 38 heavy (non-hydrogen) atoms. The van der Waals surface area contributed by atoms with Gasteiger partial charge in [0, 0.05) is 34.3 Å². The Morgan fingerprint density at radius 3 is 1.26 bits per heavy atom. The third-order valence-corrected chi connectivity index (χ3v) is 11.3. The van der Waals surface area contributed by atoms with Crippen molar-refractivity contribution in [3.8, 4) is 0 Å². The quantitative estimate of drug-likeness (QED) is 0.468. The molecule has 5 rings (SSSR count). The summed E-state index contributed by atoms with van der Waals surface area (Å²) in [6.07, 6.45) is 6.79. The summed E-state index contributed by atoms with van der Waals surface area (Å²) in [5.74, 6) is 0.129. The van der Waals surface area contributed by atoms with E-state index in [2.05, 4.69) is 23.3 Å². The lowest BCUT2D eigenvalue weighted by Crippen LogP contribution is -2.37. The minimum atomic E-state index is -3.90. The summed E-state index contributed by atoms with van der Waals surface area (Å²) in [5.41, 5.74) is 0.147. The van der Waals surface area contributed by atoms with Crippen molar-refractivity contribution in [1.29, 1.82) is 0 Å². The van der Waals surface area contributed by atoms with Crippen molar-refractivity contribution < 1.29 is 26.4 Å². The summed E-state index contributed by atoms with van der Waals surface area (Å²) >= 11 is 0. The fourth-order valence-corrected chi connectivity index (χ4v) is 8.44. The van der Waals surface area contributed by atoms with Crippen LogP contribution in [0.2, 0.25) is 0 Å². The molecule has 0 spiro atoms. The SMILES string of the molecule is CC1CCC(NS(=O)(=O)c2ccc3c(c2)C(=O)c2cc(S(=O)(=O)NC4CCC(C)CC4)ccc2C3=O)CC1. The molecule has 3 aliphatic rings. The Morgan fingerprint density at radius 1 is 0.553 bits per heavy atom. The minimum Gasteiger partial charge on any atom is -0.289 e. The Hall–Kier alpha value is -2.40. The molecule has 0 bridgehead atoms. The van der Waals surface area contributed by atoms with Gasteiger partial charge in [-0.25, -0.2) is 26.3 Å². The van der Waals surface area contributed by atoms with Crippen LogP contribution in [0.3, 0.4) is 0 Å². The summed E-state index contributed by atoms with van der Waals surface area (Å²) < 4.78 is 57.9. The first-order valence-corrected chi connectivity index (χ1v) is 16.3. The Balaban J connectivity index is 1.41. The van der Waals surface area contributed by atoms with Crippen LogP contribution in [-0.4, -0.2) is 40.5 Å². The van der Waals surface area contributed by atoms with Gasteiger partial charge in [0.15, 0.2) is 11.6 Å². The minimum absolute atomic E-state index is 0.0357. The standard InChI is InChI=1S/C28H34N2O6S2/c1-17-3-7-19(8-4-17)29-37(33,34)21-11-13-23-25(15-21)28(32)26-16-22(12-14-24(26)27(23)31)38(35,36)30-20-9-5-18(2)6-10-20/h11-20,29-30H,3-10H2,1-2H3. The van der Waals surface area contributed by atoms with Crippen molar-refractivity contribution >= 4 is 31.6 Å². The third kappa shape index (κ3) is 5.36. The van der Waals surface area contributed by atoms with Gasteiger partial charge in [-0.1, -0.05) is 13.8 Å². The molecule has 0 heterocycles. The Kier molecular flexibility index (Phi) is 7.36. The molecular weight excluding hydrogens is 524 g/mol. The molecule has 0 saturated heterocycles. The lowest BCUT2D eigenvalue weighted by Gasteiger charge is -2.27. The number of rotatable bonds is 6. The van der Waals surface area contributed by atoms with E-state index in [-0.39, 0.29) is 44.1 Å². The lowest BCUT2D eigenvalue weighted by molar-refractivity contribution is 0.0978. The molecule has 2 fully saturated rings. The second kappa shape index (κ2) is 10.3. The summed E-state index contributed by atoms with van der Waals surface area (Å²) in [6, 6.07) is 7.55. The van der Waals surface area contributed by atoms with Crippen molar-refractivity contribution in [3.05, 3.63) is 58.7 Å². The predicted molar refractivity (Wildman–Crippen MR) is 143 cm³/mol. The first kappa shape index (κ1) is 27.2. The van der Waals surface area contributed by atoms with Crippen LogP contribution >= 0.6 is 0 Å². The molecule has 2 aromatic carbocycles. The Bertz CT molecular complexity index is 1370. The highest BCUT2D eigenvalue weighted by Gasteiger charge is 2.34. The molecule has 204 valence electrons. The van der Waals surface area contributed by atoms with Crippen molar-refractivity contribution in [1.82, 2.24) is 9.44 Å². The topological polar surface area (TPSA) is 126 Å². The summed E-state index contributed by atoms with van der Waals surface area (Å²) in [6.45, 7) is 4.30. The average molecular weight is 559 g/mol. The summed E-state index contributed by atoms with van der Waals surface area (Å²) in [7, 11) is -7.80. The molecule has 2 saturated carbocycles. The van der Waals surface area contributed by atoms with E-state index < -0.39 is 31.6 Å². The fourth-order valence-electron chi connectivity index (χ4n) is 5.77. The van der Waals surface area contributed by atoms with E-state index in [1.807, 2.05) is 0 Å². The first-order chi connectivity index (χ1) is 17.9. The molecule has 2 N–H and O–H groups in total. The average Bonchev–Trinajstić information content (AvgIpc) is 2.89. The van der Waals surface area contributed by atoms with Crippen molar-refractivity contribution in [3.63, 3.8) is 0 Å². The smallest absolute Gasteiger partial charge is 0.240 e. The van der Waals surface area contributed by atoms with E-state index in [9.17, 15) is 26.4 Å². The molecule has 0 radical (unpaired) electrons. The van der Waals surface area contributed by atoms with Gasteiger partial charge in [-0.15, -0.1) is 0 Å². The van der Waals surface area contributed by atoms with Gasteiger partial charge >= 0.3 is 0 Å². The normalized spacial score (nSPS) is 26.1. The first-order valence-electron chi connectivity index (χ1n) is 13.4. The maximum atomic E-state index is 13.5. The van der Waals surface area contributed by atoms with Gasteiger partial charge in [0.2, 0.25) is 20.0 Å². The molecule has 10 heteroatoms. The number of carbonyl (C=O) groups excluding carboxylic acids is 2. The zero-order valence-corrected chi connectivity index (χ0v) is 23.3. The van der Waals surface area contributed by atoms with Crippen molar-refractivity contribution in [2.75, 3.05) is 0 Å². The molecule has 0 atom stereocenters. The van der Waals surface area contributed by atoms with E-state index in [1.54, 1.807) is 0 Å². The van der Waals surface area contributed by atoms with E-state index in [4.69, 9.17) is 0 Å². The highest BCUT2D eigenvalue weighted by molar-refractivity contribution is 7.89. The molecule has 0 amide bonds. The van der Waals surface area contributed by atoms with E-state index in [1.165, 1.54) is 36.4 Å². The number of fused-ring (bicyclic) bond motifs is 2. The van der Waals surface area contributed by atoms with Crippen molar-refractivity contribution in [2.24, 2.45) is 11.8 Å². The molecule has 0 unspecified atom stereocenters. The van der Waals surface area contributed by atoms with Gasteiger partial charge in [0.05, 0.1) is 9.79 Å². The van der Waals surface area contributed by atoms with Crippen LogP contribution in [0, 0.1) is 11.8 Å². The number of hydrogen-bond donors (Lipinski definition) is 2. The lowest BCUT2D eigenvalue weighted by atomic mass is 9.84. The Morgan fingerprint density at radius 2 is 0.895 bits per heavy atom. The van der Waals surface area contributed by atoms with E-state index in [0.29, 0.717) is 11.8 Å². The van der Waals surface area contributed by atoms with Crippen LogP contribution in [0.1, 0.15) is 97.1 Å². The van der Waals surface area contributed by atoms with Crippen LogP contribution in [0.15, 0.2) is 46.2 Å². The highest BCUT2D eigenvalue weighted by atomic mass is 32.2. The number of benzene rings is 2. The van der Waals surface area contributed by atoms with Crippen LogP contribution in [0.4, 0.5) is 0 Å². The molecule has 0 aromatic heterocycles. The second-order valence-electron chi connectivity index (χ2n) is 11.2. The maximum Gasteiger partial charge on any atom is 0.240 e. The maximum absolute atomic E-state index is 13.5. The Labute approximate surface area is 224 Å². The van der Waals surface area contributed by atoms with Gasteiger partial charge in [0.1, 0.15) is 0 Å². The zero-order valence-electron chi connectivity index (χ0n) is 21.7. The molecule has 3 aliphatic carbocycles. The van der Waals surface area contributed by atoms with Gasteiger partial charge in [0.25, 0.3) is 0 Å². The number of sulfonamides is 2. The second-order valence-corrected chi connectivity index (χ2v) is 14.7. The highest BCUT2D eigenvalue weighted by Crippen LogP contribution is 2.32. The zero-order chi connectivity index (χ0) is 27.2. The van der Waals surface area contributed by atoms with Crippen LogP contribution < -0.4 is 9.44 Å².